The van der Waals surface area contributed by atoms with Crippen molar-refractivity contribution in [3.63, 3.8) is 0 Å². The fourth-order valence-electron chi connectivity index (χ4n) is 2.37. The van der Waals surface area contributed by atoms with Crippen molar-refractivity contribution in [2.75, 3.05) is 13.1 Å². The maximum Gasteiger partial charge on any atom is 0.238 e. The molecular weight excluding hydrogens is 383 g/mol. The van der Waals surface area contributed by atoms with Gasteiger partial charge < -0.3 is 15.4 Å². The third-order valence-electron chi connectivity index (χ3n) is 3.71. The first-order valence-electron chi connectivity index (χ1n) is 8.84. The number of nitrogens with two attached hydrogens (primary N) is 1. The van der Waals surface area contributed by atoms with Crippen molar-refractivity contribution in [1.29, 1.82) is 0 Å². The van der Waals surface area contributed by atoms with E-state index in [9.17, 15) is 12.8 Å². The number of nitrogens with one attached hydrogen (secondary N) is 2. The Morgan fingerprint density at radius 3 is 2.64 bits per heavy atom. The van der Waals surface area contributed by atoms with Crippen molar-refractivity contribution in [1.82, 2.24) is 10.6 Å². The first-order chi connectivity index (χ1) is 13.3. The summed E-state index contributed by atoms with van der Waals surface area (Å²) >= 11 is 0. The number of hydrogen-bond acceptors (Lipinski definition) is 4. The minimum absolute atomic E-state index is 0.0464. The van der Waals surface area contributed by atoms with E-state index in [1.165, 1.54) is 18.2 Å². The highest BCUT2D eigenvalue weighted by Crippen LogP contribution is 2.16. The van der Waals surface area contributed by atoms with Gasteiger partial charge in [-0.15, -0.1) is 0 Å². The lowest BCUT2D eigenvalue weighted by Crippen LogP contribution is -2.41. The molecule has 0 bridgehead atoms. The summed E-state index contributed by atoms with van der Waals surface area (Å²) in [6, 6.07) is 12.5. The van der Waals surface area contributed by atoms with Crippen molar-refractivity contribution in [3.8, 4) is 5.75 Å². The van der Waals surface area contributed by atoms with E-state index in [0.717, 1.165) is 0 Å². The Kier molecular flexibility index (Phi) is 7.77. The number of hydrogen-bond donors (Lipinski definition) is 3. The van der Waals surface area contributed by atoms with Crippen molar-refractivity contribution >= 4 is 16.0 Å². The molecule has 0 saturated carbocycles. The van der Waals surface area contributed by atoms with Gasteiger partial charge in [-0.2, -0.15) is 0 Å². The number of benzene rings is 2. The Morgan fingerprint density at radius 2 is 1.96 bits per heavy atom. The summed E-state index contributed by atoms with van der Waals surface area (Å²) in [4.78, 5) is 4.48. The molecule has 0 aliphatic rings. The average molecular weight is 408 g/mol. The number of halogens is 1. The summed E-state index contributed by atoms with van der Waals surface area (Å²) in [7, 11) is -3.76. The largest absolute Gasteiger partial charge is 0.486 e. The number of ether oxygens (including phenoxy) is 1. The number of guanidine groups is 1. The van der Waals surface area contributed by atoms with Gasteiger partial charge in [-0.3, -0.25) is 0 Å². The van der Waals surface area contributed by atoms with Gasteiger partial charge in [-0.1, -0.05) is 24.3 Å². The van der Waals surface area contributed by atoms with Crippen LogP contribution in [0.4, 0.5) is 4.39 Å². The van der Waals surface area contributed by atoms with Crippen LogP contribution in [0.2, 0.25) is 0 Å². The van der Waals surface area contributed by atoms with Crippen molar-refractivity contribution in [2.45, 2.75) is 31.4 Å². The molecular formula is C19H25FN4O3S. The molecule has 152 valence electrons. The second-order valence-electron chi connectivity index (χ2n) is 6.13. The average Bonchev–Trinajstić information content (AvgIpc) is 2.65. The van der Waals surface area contributed by atoms with Gasteiger partial charge in [0.15, 0.2) is 17.5 Å². The fraction of sp³-hybridized carbons (Fsp3) is 0.316. The van der Waals surface area contributed by atoms with Crippen molar-refractivity contribution < 1.29 is 17.5 Å². The topological polar surface area (TPSA) is 106 Å². The van der Waals surface area contributed by atoms with E-state index < -0.39 is 15.8 Å². The fourth-order valence-corrected chi connectivity index (χ4v) is 2.96. The first kappa shape index (κ1) is 21.6. The van der Waals surface area contributed by atoms with Crippen LogP contribution in [-0.4, -0.2) is 33.6 Å². The van der Waals surface area contributed by atoms with Gasteiger partial charge in [0, 0.05) is 6.54 Å². The van der Waals surface area contributed by atoms with Crippen LogP contribution in [0.15, 0.2) is 58.4 Å². The predicted octanol–water partition coefficient (Wildman–Crippen LogP) is 2.00. The Labute approximate surface area is 164 Å². The molecule has 0 spiro atoms. The number of aliphatic imine (C=N–C) groups is 1. The SMILES string of the molecule is CCNC(=NCc1cccc(S(N)(=O)=O)c1)NCC(C)Oc1ccccc1F. The minimum atomic E-state index is -3.76. The molecule has 0 saturated heterocycles. The smallest absolute Gasteiger partial charge is 0.238 e. The summed E-state index contributed by atoms with van der Waals surface area (Å²) in [5.41, 5.74) is 0.708. The summed E-state index contributed by atoms with van der Waals surface area (Å²) < 4.78 is 42.2. The molecule has 28 heavy (non-hydrogen) atoms. The van der Waals surface area contributed by atoms with Crippen LogP contribution in [0.5, 0.6) is 5.75 Å². The van der Waals surface area contributed by atoms with E-state index in [2.05, 4.69) is 15.6 Å². The first-order valence-corrected chi connectivity index (χ1v) is 10.4. The van der Waals surface area contributed by atoms with Gasteiger partial charge in [0.2, 0.25) is 10.0 Å². The molecule has 2 aromatic carbocycles. The standard InChI is InChI=1S/C19H25FN4O3S/c1-3-22-19(23-12-14(2)27-18-10-5-4-9-17(18)20)24-13-15-7-6-8-16(11-15)28(21,25)26/h4-11,14H,3,12-13H2,1-2H3,(H2,21,25,26)(H2,22,23,24). The highest BCUT2D eigenvalue weighted by molar-refractivity contribution is 7.89. The Morgan fingerprint density at radius 1 is 1.21 bits per heavy atom. The zero-order valence-electron chi connectivity index (χ0n) is 15.9. The van der Waals surface area contributed by atoms with E-state index in [1.54, 1.807) is 30.3 Å². The molecule has 1 unspecified atom stereocenters. The second-order valence-corrected chi connectivity index (χ2v) is 7.69. The molecule has 0 heterocycles. The third kappa shape index (κ3) is 6.82. The number of para-hydroxylation sites is 1. The van der Waals surface area contributed by atoms with Gasteiger partial charge >= 0.3 is 0 Å². The molecule has 1 atom stereocenters. The maximum atomic E-state index is 13.7. The van der Waals surface area contributed by atoms with Crippen LogP contribution in [0, 0.1) is 5.82 Å². The monoisotopic (exact) mass is 408 g/mol. The molecule has 2 rings (SSSR count). The molecule has 0 aromatic heterocycles. The van der Waals surface area contributed by atoms with Crippen molar-refractivity contribution in [3.05, 3.63) is 59.9 Å². The number of sulfonamides is 1. The molecule has 0 radical (unpaired) electrons. The number of nitrogens with zero attached hydrogens (tertiary/aromatic N) is 1. The molecule has 2 aromatic rings. The van der Waals surface area contributed by atoms with Gasteiger partial charge in [-0.05, 0) is 43.7 Å². The van der Waals surface area contributed by atoms with E-state index in [1.807, 2.05) is 13.8 Å². The molecule has 9 heteroatoms. The predicted molar refractivity (Wildman–Crippen MR) is 107 cm³/mol. The quantitative estimate of drug-likeness (QED) is 0.458. The highest BCUT2D eigenvalue weighted by Gasteiger charge is 2.10. The van der Waals surface area contributed by atoms with Crippen LogP contribution in [0.1, 0.15) is 19.4 Å². The molecule has 0 amide bonds. The zero-order chi connectivity index (χ0) is 20.6. The van der Waals surface area contributed by atoms with Gasteiger partial charge in [0.1, 0.15) is 6.10 Å². The minimum Gasteiger partial charge on any atom is -0.486 e. The molecule has 7 nitrogen and oxygen atoms in total. The van der Waals surface area contributed by atoms with Gasteiger partial charge in [0.05, 0.1) is 18.0 Å². The molecule has 4 N–H and O–H groups in total. The van der Waals surface area contributed by atoms with Crippen molar-refractivity contribution in [2.24, 2.45) is 10.1 Å². The van der Waals surface area contributed by atoms with Crippen LogP contribution < -0.4 is 20.5 Å². The summed E-state index contributed by atoms with van der Waals surface area (Å²) in [5.74, 6) is 0.315. The van der Waals surface area contributed by atoms with E-state index in [4.69, 9.17) is 9.88 Å². The lowest BCUT2D eigenvalue weighted by atomic mass is 10.2. The third-order valence-corrected chi connectivity index (χ3v) is 4.62. The molecule has 0 aliphatic heterocycles. The second kappa shape index (κ2) is 10.0. The summed E-state index contributed by atoms with van der Waals surface area (Å²) in [6.07, 6.45) is -0.300. The van der Waals surface area contributed by atoms with E-state index in [-0.39, 0.29) is 23.3 Å². The lowest BCUT2D eigenvalue weighted by Gasteiger charge is -2.18. The zero-order valence-corrected chi connectivity index (χ0v) is 16.7. The maximum absolute atomic E-state index is 13.7. The van der Waals surface area contributed by atoms with Crippen LogP contribution >= 0.6 is 0 Å². The van der Waals surface area contributed by atoms with Gasteiger partial charge in [0.25, 0.3) is 0 Å². The Bertz CT molecular complexity index is 919. The Balaban J connectivity index is 1.98. The summed E-state index contributed by atoms with van der Waals surface area (Å²) in [5, 5.41) is 11.4. The molecule has 0 fully saturated rings. The van der Waals surface area contributed by atoms with Gasteiger partial charge in [-0.25, -0.2) is 22.9 Å². The van der Waals surface area contributed by atoms with Crippen LogP contribution in [0.25, 0.3) is 0 Å². The van der Waals surface area contributed by atoms with Crippen LogP contribution in [-0.2, 0) is 16.6 Å². The normalized spacial score (nSPS) is 13.1. The molecule has 0 aliphatic carbocycles. The van der Waals surface area contributed by atoms with Crippen LogP contribution in [0.3, 0.4) is 0 Å². The highest BCUT2D eigenvalue weighted by atomic mass is 32.2. The number of rotatable bonds is 8. The number of primary sulfonamides is 1. The lowest BCUT2D eigenvalue weighted by molar-refractivity contribution is 0.214. The van der Waals surface area contributed by atoms with E-state index >= 15 is 0 Å². The Hall–Kier alpha value is -2.65. The van der Waals surface area contributed by atoms with E-state index in [0.29, 0.717) is 24.6 Å². The summed E-state index contributed by atoms with van der Waals surface area (Å²) in [6.45, 7) is 5.06.